The molecular formula is C23H30N2O3. The molecule has 2 aliphatic rings. The monoisotopic (exact) mass is 382 g/mol. The zero-order valence-electron chi connectivity index (χ0n) is 16.7. The van der Waals surface area contributed by atoms with Gasteiger partial charge >= 0.3 is 0 Å². The number of aliphatic hydroxyl groups is 1. The van der Waals surface area contributed by atoms with Crippen LogP contribution in [0.5, 0.6) is 5.75 Å². The Bertz CT molecular complexity index is 844. The fraction of sp³-hybridized carbons (Fsp3) is 0.522. The maximum Gasteiger partial charge on any atom is 0.169 e. The number of H-pyrrole nitrogens is 1. The Kier molecular flexibility index (Phi) is 5.56. The molecule has 1 aromatic carbocycles. The van der Waals surface area contributed by atoms with E-state index in [9.17, 15) is 9.90 Å². The normalized spacial score (nSPS) is 27.0. The maximum absolute atomic E-state index is 12.7. The minimum Gasteiger partial charge on any atom is -0.487 e. The van der Waals surface area contributed by atoms with Crippen molar-refractivity contribution in [1.82, 2.24) is 10.3 Å². The summed E-state index contributed by atoms with van der Waals surface area (Å²) < 4.78 is 6.14. The average molecular weight is 383 g/mol. The summed E-state index contributed by atoms with van der Waals surface area (Å²) in [7, 11) is 0. The first-order valence-corrected chi connectivity index (χ1v) is 10.5. The second-order valence-corrected chi connectivity index (χ2v) is 8.14. The van der Waals surface area contributed by atoms with Crippen LogP contribution in [0.15, 0.2) is 30.3 Å². The van der Waals surface area contributed by atoms with Gasteiger partial charge in [0.05, 0.1) is 0 Å². The zero-order valence-corrected chi connectivity index (χ0v) is 16.7. The molecule has 4 atom stereocenters. The molecule has 1 fully saturated rings. The molecule has 0 bridgehead atoms. The zero-order chi connectivity index (χ0) is 19.7. The van der Waals surface area contributed by atoms with E-state index in [1.165, 1.54) is 0 Å². The summed E-state index contributed by atoms with van der Waals surface area (Å²) in [4.78, 5) is 16.0. The summed E-state index contributed by atoms with van der Waals surface area (Å²) in [5, 5.41) is 14.2. The molecule has 4 unspecified atom stereocenters. The molecular weight excluding hydrogens is 352 g/mol. The number of ketones is 1. The number of fused-ring (bicyclic) bond motifs is 1. The highest BCUT2D eigenvalue weighted by Crippen LogP contribution is 2.29. The second kappa shape index (κ2) is 8.10. The first-order chi connectivity index (χ1) is 13.6. The van der Waals surface area contributed by atoms with Gasteiger partial charge in [-0.3, -0.25) is 4.79 Å². The molecule has 1 aromatic heterocycles. The van der Waals surface area contributed by atoms with Crippen molar-refractivity contribution in [3.8, 4) is 5.75 Å². The molecule has 4 rings (SSSR count). The maximum atomic E-state index is 12.7. The Hall–Kier alpha value is -2.11. The van der Waals surface area contributed by atoms with Crippen LogP contribution in [0.4, 0.5) is 0 Å². The molecule has 3 N–H and O–H groups in total. The lowest BCUT2D eigenvalue weighted by molar-refractivity contribution is 0.0437. The molecule has 28 heavy (non-hydrogen) atoms. The topological polar surface area (TPSA) is 74.3 Å². The van der Waals surface area contributed by atoms with Crippen LogP contribution >= 0.6 is 0 Å². The number of aliphatic hydroxyl groups excluding tert-OH is 1. The van der Waals surface area contributed by atoms with Crippen LogP contribution in [0.25, 0.3) is 0 Å². The number of carbonyl (C=O) groups is 1. The van der Waals surface area contributed by atoms with Crippen LogP contribution in [0.2, 0.25) is 0 Å². The third-order valence-corrected chi connectivity index (χ3v) is 6.23. The largest absolute Gasteiger partial charge is 0.487 e. The summed E-state index contributed by atoms with van der Waals surface area (Å²) in [5.74, 6) is 1.07. The SMILES string of the molecule is CCc1ccccc1OC1CCC(NCC2CCc3[nH]c(C)cc3C2=O)C1O. The van der Waals surface area contributed by atoms with Crippen LogP contribution in [0, 0.1) is 12.8 Å². The Morgan fingerprint density at radius 1 is 1.25 bits per heavy atom. The van der Waals surface area contributed by atoms with Crippen LogP contribution in [-0.2, 0) is 12.8 Å². The van der Waals surface area contributed by atoms with Crippen molar-refractivity contribution in [2.24, 2.45) is 5.92 Å². The summed E-state index contributed by atoms with van der Waals surface area (Å²) in [6.45, 7) is 4.71. The smallest absolute Gasteiger partial charge is 0.169 e. The summed E-state index contributed by atoms with van der Waals surface area (Å²) in [5.41, 5.74) is 4.13. The molecule has 0 spiro atoms. The first kappa shape index (κ1) is 19.2. The number of carbonyl (C=O) groups excluding carboxylic acids is 1. The van der Waals surface area contributed by atoms with Gasteiger partial charge in [0.25, 0.3) is 0 Å². The van der Waals surface area contributed by atoms with E-state index < -0.39 is 6.10 Å². The lowest BCUT2D eigenvalue weighted by Gasteiger charge is -2.26. The highest BCUT2D eigenvalue weighted by molar-refractivity contribution is 6.00. The number of rotatable bonds is 6. The van der Waals surface area contributed by atoms with Crippen LogP contribution in [-0.4, -0.2) is 40.7 Å². The number of aryl methyl sites for hydroxylation is 3. The van der Waals surface area contributed by atoms with E-state index in [2.05, 4.69) is 23.3 Å². The quantitative estimate of drug-likeness (QED) is 0.717. The number of ether oxygens (including phenoxy) is 1. The number of aromatic nitrogens is 1. The Morgan fingerprint density at radius 2 is 2.07 bits per heavy atom. The van der Waals surface area contributed by atoms with Gasteiger partial charge in [0.2, 0.25) is 0 Å². The van der Waals surface area contributed by atoms with Gasteiger partial charge in [-0.2, -0.15) is 0 Å². The van der Waals surface area contributed by atoms with Crippen molar-refractivity contribution in [3.05, 3.63) is 52.8 Å². The number of nitrogens with one attached hydrogen (secondary N) is 2. The van der Waals surface area contributed by atoms with Gasteiger partial charge in [0.15, 0.2) is 5.78 Å². The summed E-state index contributed by atoms with van der Waals surface area (Å²) in [6, 6.07) is 9.96. The van der Waals surface area contributed by atoms with E-state index in [1.54, 1.807) is 0 Å². The minimum atomic E-state index is -0.561. The highest BCUT2D eigenvalue weighted by atomic mass is 16.5. The average Bonchev–Trinajstić information content (AvgIpc) is 3.25. The molecule has 1 heterocycles. The number of aromatic amines is 1. The van der Waals surface area contributed by atoms with Crippen LogP contribution < -0.4 is 10.1 Å². The summed E-state index contributed by atoms with van der Waals surface area (Å²) >= 11 is 0. The van der Waals surface area contributed by atoms with Crippen molar-refractivity contribution < 1.29 is 14.6 Å². The molecule has 5 heteroatoms. The van der Waals surface area contributed by atoms with E-state index in [-0.39, 0.29) is 23.8 Å². The molecule has 2 aromatic rings. The molecule has 0 aliphatic heterocycles. The molecule has 150 valence electrons. The Labute approximate surface area is 166 Å². The molecule has 0 radical (unpaired) electrons. The lowest BCUT2D eigenvalue weighted by atomic mass is 9.86. The fourth-order valence-corrected chi connectivity index (χ4v) is 4.59. The van der Waals surface area contributed by atoms with Crippen molar-refractivity contribution in [2.45, 2.75) is 64.2 Å². The van der Waals surface area contributed by atoms with Gasteiger partial charge in [-0.15, -0.1) is 0 Å². The van der Waals surface area contributed by atoms with Crippen LogP contribution in [0.3, 0.4) is 0 Å². The van der Waals surface area contributed by atoms with Gasteiger partial charge in [-0.25, -0.2) is 0 Å². The van der Waals surface area contributed by atoms with Gasteiger partial charge < -0.3 is 20.1 Å². The third-order valence-electron chi connectivity index (χ3n) is 6.23. The van der Waals surface area contributed by atoms with E-state index in [1.807, 2.05) is 31.2 Å². The molecule has 2 aliphatic carbocycles. The van der Waals surface area contributed by atoms with Gasteiger partial charge in [-0.05, 0) is 56.7 Å². The van der Waals surface area contributed by atoms with E-state index in [4.69, 9.17) is 4.74 Å². The predicted octanol–water partition coefficient (Wildman–Crippen LogP) is 3.19. The van der Waals surface area contributed by atoms with Crippen molar-refractivity contribution in [1.29, 1.82) is 0 Å². The number of Topliss-reactive ketones (excluding diaryl/α,β-unsaturated/α-hetero) is 1. The van der Waals surface area contributed by atoms with Gasteiger partial charge in [-0.1, -0.05) is 25.1 Å². The third kappa shape index (κ3) is 3.74. The number of hydrogen-bond acceptors (Lipinski definition) is 4. The van der Waals surface area contributed by atoms with E-state index in [0.29, 0.717) is 6.54 Å². The van der Waals surface area contributed by atoms with Crippen LogP contribution in [0.1, 0.15) is 53.5 Å². The first-order valence-electron chi connectivity index (χ1n) is 10.5. The van der Waals surface area contributed by atoms with Gasteiger partial charge in [0.1, 0.15) is 18.0 Å². The standard InChI is InChI=1S/C23H30N2O3/c1-3-15-6-4-5-7-20(15)28-21-11-10-19(23(21)27)24-13-16-8-9-18-17(22(16)26)12-14(2)25-18/h4-7,12,16,19,21,23-25,27H,3,8-11,13H2,1-2H3. The second-order valence-electron chi connectivity index (χ2n) is 8.14. The molecule has 0 saturated heterocycles. The number of hydrogen-bond donors (Lipinski definition) is 3. The van der Waals surface area contributed by atoms with Crippen molar-refractivity contribution >= 4 is 5.78 Å². The molecule has 1 saturated carbocycles. The van der Waals surface area contributed by atoms with E-state index >= 15 is 0 Å². The Morgan fingerprint density at radius 3 is 2.89 bits per heavy atom. The molecule has 5 nitrogen and oxygen atoms in total. The van der Waals surface area contributed by atoms with Gasteiger partial charge in [0, 0.05) is 35.5 Å². The minimum absolute atomic E-state index is 0.0179. The lowest BCUT2D eigenvalue weighted by Crippen LogP contribution is -2.44. The predicted molar refractivity (Wildman–Crippen MR) is 109 cm³/mol. The van der Waals surface area contributed by atoms with E-state index in [0.717, 1.165) is 60.4 Å². The number of benzene rings is 1. The molecule has 0 amide bonds. The fourth-order valence-electron chi connectivity index (χ4n) is 4.59. The Balaban J connectivity index is 1.33. The van der Waals surface area contributed by atoms with Crippen molar-refractivity contribution in [3.63, 3.8) is 0 Å². The highest BCUT2D eigenvalue weighted by Gasteiger charge is 2.37. The van der Waals surface area contributed by atoms with Crippen molar-refractivity contribution in [2.75, 3.05) is 6.54 Å². The summed E-state index contributed by atoms with van der Waals surface area (Å²) in [6.07, 6.45) is 3.58. The number of para-hydroxylation sites is 1.